The van der Waals surface area contributed by atoms with Crippen LogP contribution in [-0.2, 0) is 0 Å². The molecule has 0 aliphatic carbocycles. The number of thioether (sulfide) groups is 1. The summed E-state index contributed by atoms with van der Waals surface area (Å²) >= 11 is 3.53. The summed E-state index contributed by atoms with van der Waals surface area (Å²) in [5.41, 5.74) is 0.688. The fourth-order valence-electron chi connectivity index (χ4n) is 2.27. The second kappa shape index (κ2) is 5.89. The van der Waals surface area contributed by atoms with Gasteiger partial charge in [0.15, 0.2) is 0 Å². The minimum Gasteiger partial charge on any atom is -0.497 e. The summed E-state index contributed by atoms with van der Waals surface area (Å²) in [5, 5.41) is 2.20. The van der Waals surface area contributed by atoms with E-state index in [9.17, 15) is 4.79 Å². The Balaban J connectivity index is 1.85. The summed E-state index contributed by atoms with van der Waals surface area (Å²) in [4.78, 5) is 15.9. The van der Waals surface area contributed by atoms with Gasteiger partial charge in [0.05, 0.1) is 7.11 Å². The van der Waals surface area contributed by atoms with Gasteiger partial charge in [-0.05, 0) is 29.6 Å². The number of hydrogen-bond acceptors (Lipinski definition) is 4. The molecule has 20 heavy (non-hydrogen) atoms. The molecule has 1 amide bonds. The third kappa shape index (κ3) is 2.55. The molecule has 1 atom stereocenters. The van der Waals surface area contributed by atoms with Gasteiger partial charge in [0.2, 0.25) is 0 Å². The maximum Gasteiger partial charge on any atom is 0.255 e. The maximum absolute atomic E-state index is 12.7. The molecule has 1 fully saturated rings. The molecule has 2 heterocycles. The zero-order valence-corrected chi connectivity index (χ0v) is 12.7. The molecule has 104 valence electrons. The van der Waals surface area contributed by atoms with Gasteiger partial charge in [0.1, 0.15) is 11.1 Å². The molecule has 2 aromatic rings. The highest BCUT2D eigenvalue weighted by Crippen LogP contribution is 2.40. The van der Waals surface area contributed by atoms with Gasteiger partial charge in [0, 0.05) is 22.7 Å². The number of benzene rings is 1. The maximum atomic E-state index is 12.7. The van der Waals surface area contributed by atoms with E-state index in [4.69, 9.17) is 4.74 Å². The van der Waals surface area contributed by atoms with Crippen molar-refractivity contribution >= 4 is 29.0 Å². The number of nitrogens with zero attached hydrogens (tertiary/aromatic N) is 1. The molecule has 5 heteroatoms. The third-order valence-corrected chi connectivity index (χ3v) is 5.57. The van der Waals surface area contributed by atoms with Crippen molar-refractivity contribution in [3.8, 4) is 5.75 Å². The summed E-state index contributed by atoms with van der Waals surface area (Å²) in [6.45, 7) is 0.795. The second-order valence-corrected chi connectivity index (χ2v) is 6.64. The van der Waals surface area contributed by atoms with Crippen molar-refractivity contribution in [3.63, 3.8) is 0 Å². The molecule has 0 spiro atoms. The minimum atomic E-state index is 0.0762. The Morgan fingerprint density at radius 2 is 2.25 bits per heavy atom. The minimum absolute atomic E-state index is 0.0762. The normalized spacial score (nSPS) is 18.2. The molecule has 1 aromatic heterocycles. The van der Waals surface area contributed by atoms with Gasteiger partial charge < -0.3 is 9.64 Å². The molecule has 1 saturated heterocycles. The predicted octanol–water partition coefficient (Wildman–Crippen LogP) is 3.64. The van der Waals surface area contributed by atoms with Crippen LogP contribution < -0.4 is 4.74 Å². The largest absolute Gasteiger partial charge is 0.497 e. The zero-order valence-electron chi connectivity index (χ0n) is 11.1. The Morgan fingerprint density at radius 3 is 3.00 bits per heavy atom. The second-order valence-electron chi connectivity index (χ2n) is 4.47. The fraction of sp³-hybridized carbons (Fsp3) is 0.267. The van der Waals surface area contributed by atoms with E-state index in [-0.39, 0.29) is 11.3 Å². The van der Waals surface area contributed by atoms with Gasteiger partial charge >= 0.3 is 0 Å². The lowest BCUT2D eigenvalue weighted by molar-refractivity contribution is 0.0761. The SMILES string of the molecule is COc1cccc(C(=O)N2CCSC2c2cccs2)c1. The zero-order chi connectivity index (χ0) is 13.9. The Hall–Kier alpha value is -1.46. The number of hydrogen-bond donors (Lipinski definition) is 0. The molecular formula is C15H15NO2S2. The third-order valence-electron chi connectivity index (χ3n) is 3.26. The Labute approximate surface area is 126 Å². The van der Waals surface area contributed by atoms with Crippen molar-refractivity contribution in [1.82, 2.24) is 4.90 Å². The Kier molecular flexibility index (Phi) is 3.98. The van der Waals surface area contributed by atoms with E-state index in [2.05, 4.69) is 11.4 Å². The van der Waals surface area contributed by atoms with Gasteiger partial charge in [-0.25, -0.2) is 0 Å². The van der Waals surface area contributed by atoms with Crippen molar-refractivity contribution in [2.45, 2.75) is 5.37 Å². The monoisotopic (exact) mass is 305 g/mol. The van der Waals surface area contributed by atoms with E-state index in [0.717, 1.165) is 18.0 Å². The fourth-order valence-corrected chi connectivity index (χ4v) is 4.50. The number of ether oxygens (including phenoxy) is 1. The van der Waals surface area contributed by atoms with E-state index < -0.39 is 0 Å². The Bertz CT molecular complexity index is 598. The summed E-state index contributed by atoms with van der Waals surface area (Å²) in [6.07, 6.45) is 0. The Morgan fingerprint density at radius 1 is 1.35 bits per heavy atom. The first-order chi connectivity index (χ1) is 9.79. The first-order valence-electron chi connectivity index (χ1n) is 6.39. The number of amides is 1. The van der Waals surface area contributed by atoms with Crippen LogP contribution in [0.15, 0.2) is 41.8 Å². The van der Waals surface area contributed by atoms with E-state index >= 15 is 0 Å². The first kappa shape index (κ1) is 13.5. The molecule has 1 unspecified atom stereocenters. The van der Waals surface area contributed by atoms with E-state index in [1.165, 1.54) is 4.88 Å². The van der Waals surface area contributed by atoms with Crippen LogP contribution in [0.2, 0.25) is 0 Å². The highest BCUT2D eigenvalue weighted by Gasteiger charge is 2.31. The summed E-state index contributed by atoms with van der Waals surface area (Å²) in [7, 11) is 1.61. The molecule has 0 saturated carbocycles. The summed E-state index contributed by atoms with van der Waals surface area (Å²) in [5.74, 6) is 1.78. The van der Waals surface area contributed by atoms with Crippen molar-refractivity contribution in [3.05, 3.63) is 52.2 Å². The number of carbonyl (C=O) groups excluding carboxylic acids is 1. The molecule has 0 radical (unpaired) electrons. The topological polar surface area (TPSA) is 29.5 Å². The predicted molar refractivity (Wildman–Crippen MR) is 83.5 cm³/mol. The van der Waals surface area contributed by atoms with Crippen LogP contribution in [0.1, 0.15) is 20.6 Å². The van der Waals surface area contributed by atoms with Crippen LogP contribution in [-0.4, -0.2) is 30.2 Å². The van der Waals surface area contributed by atoms with Crippen LogP contribution >= 0.6 is 23.1 Å². The molecule has 1 aliphatic rings. The van der Waals surface area contributed by atoms with Crippen molar-refractivity contribution in [2.24, 2.45) is 0 Å². The molecule has 3 nitrogen and oxygen atoms in total. The lowest BCUT2D eigenvalue weighted by atomic mass is 10.2. The van der Waals surface area contributed by atoms with Crippen molar-refractivity contribution < 1.29 is 9.53 Å². The number of carbonyl (C=O) groups is 1. The van der Waals surface area contributed by atoms with Gasteiger partial charge in [-0.15, -0.1) is 23.1 Å². The van der Waals surface area contributed by atoms with Crippen molar-refractivity contribution in [1.29, 1.82) is 0 Å². The number of rotatable bonds is 3. The standard InChI is InChI=1S/C15H15NO2S2/c1-18-12-5-2-4-11(10-12)14(17)16-7-9-20-15(16)13-6-3-8-19-13/h2-6,8,10,15H,7,9H2,1H3. The number of thiophene rings is 1. The van der Waals surface area contributed by atoms with Crippen molar-refractivity contribution in [2.75, 3.05) is 19.4 Å². The first-order valence-corrected chi connectivity index (χ1v) is 8.32. The van der Waals surface area contributed by atoms with Gasteiger partial charge in [-0.1, -0.05) is 12.1 Å². The van der Waals surface area contributed by atoms with Crippen LogP contribution in [0.4, 0.5) is 0 Å². The summed E-state index contributed by atoms with van der Waals surface area (Å²) < 4.78 is 5.19. The lowest BCUT2D eigenvalue weighted by Gasteiger charge is -2.23. The van der Waals surface area contributed by atoms with E-state index in [1.807, 2.05) is 40.9 Å². The smallest absolute Gasteiger partial charge is 0.255 e. The highest BCUT2D eigenvalue weighted by molar-refractivity contribution is 7.99. The van der Waals surface area contributed by atoms with Crippen LogP contribution in [0.5, 0.6) is 5.75 Å². The van der Waals surface area contributed by atoms with Gasteiger partial charge in [-0.3, -0.25) is 4.79 Å². The van der Waals surface area contributed by atoms with Gasteiger partial charge in [-0.2, -0.15) is 0 Å². The molecule has 1 aromatic carbocycles. The highest BCUT2D eigenvalue weighted by atomic mass is 32.2. The van der Waals surface area contributed by atoms with Crippen LogP contribution in [0.3, 0.4) is 0 Å². The molecule has 1 aliphatic heterocycles. The van der Waals surface area contributed by atoms with Crippen LogP contribution in [0, 0.1) is 0 Å². The van der Waals surface area contributed by atoms with E-state index in [0.29, 0.717) is 5.56 Å². The quantitative estimate of drug-likeness (QED) is 0.867. The average Bonchev–Trinajstić information content (AvgIpc) is 3.16. The van der Waals surface area contributed by atoms with E-state index in [1.54, 1.807) is 24.5 Å². The molecule has 0 N–H and O–H groups in total. The van der Waals surface area contributed by atoms with Gasteiger partial charge in [0.25, 0.3) is 5.91 Å². The number of methoxy groups -OCH3 is 1. The average molecular weight is 305 g/mol. The van der Waals surface area contributed by atoms with Crippen LogP contribution in [0.25, 0.3) is 0 Å². The lowest BCUT2D eigenvalue weighted by Crippen LogP contribution is -2.30. The molecule has 0 bridgehead atoms. The molecular weight excluding hydrogens is 290 g/mol. The molecule has 3 rings (SSSR count). The summed E-state index contributed by atoms with van der Waals surface area (Å²) in [6, 6.07) is 11.5.